The Hall–Kier alpha value is -3.77. The fourth-order valence-corrected chi connectivity index (χ4v) is 6.87. The number of likely N-dealkylation sites (tertiary alicyclic amines) is 1. The van der Waals surface area contributed by atoms with E-state index in [1.165, 1.54) is 4.31 Å². The van der Waals surface area contributed by atoms with E-state index in [0.717, 1.165) is 34.7 Å². The highest BCUT2D eigenvalue weighted by atomic mass is 32.2. The summed E-state index contributed by atoms with van der Waals surface area (Å²) in [5, 5.41) is 11.2. The highest BCUT2D eigenvalue weighted by Crippen LogP contribution is 2.44. The number of hydrogen-bond donors (Lipinski definition) is 0. The molecule has 1 amide bonds. The lowest BCUT2D eigenvalue weighted by Gasteiger charge is -2.28. The van der Waals surface area contributed by atoms with Crippen molar-refractivity contribution in [3.8, 4) is 11.8 Å². The molecule has 0 bridgehead atoms. The number of sulfonamides is 1. The van der Waals surface area contributed by atoms with Crippen molar-refractivity contribution in [2.45, 2.75) is 64.6 Å². The molecule has 2 atom stereocenters. The van der Waals surface area contributed by atoms with Crippen molar-refractivity contribution in [3.05, 3.63) is 71.3 Å². The van der Waals surface area contributed by atoms with Crippen LogP contribution in [0.3, 0.4) is 0 Å². The van der Waals surface area contributed by atoms with Crippen molar-refractivity contribution in [2.24, 2.45) is 0 Å². The van der Waals surface area contributed by atoms with E-state index in [9.17, 15) is 18.5 Å². The number of nitrogens with zero attached hydrogens (tertiary/aromatic N) is 3. The molecular weight excluding hydrogens is 526 g/mol. The number of carbonyl (C=O) groups is 1. The van der Waals surface area contributed by atoms with Gasteiger partial charge < -0.3 is 14.4 Å². The maximum atomic E-state index is 13.3. The van der Waals surface area contributed by atoms with Crippen LogP contribution in [0.1, 0.15) is 63.3 Å². The Morgan fingerprint density at radius 1 is 1.07 bits per heavy atom. The minimum Gasteiger partial charge on any atom is -0.491 e. The summed E-state index contributed by atoms with van der Waals surface area (Å²) >= 11 is 0. The Balaban J connectivity index is 1.39. The quantitative estimate of drug-likeness (QED) is 0.369. The molecule has 1 saturated heterocycles. The second-order valence-electron chi connectivity index (χ2n) is 11.4. The van der Waals surface area contributed by atoms with E-state index in [-0.39, 0.29) is 17.9 Å². The van der Waals surface area contributed by atoms with Crippen LogP contribution in [0.25, 0.3) is 10.8 Å². The number of amides is 1. The van der Waals surface area contributed by atoms with Gasteiger partial charge in [0.25, 0.3) is 0 Å². The van der Waals surface area contributed by atoms with Crippen LogP contribution in [0.5, 0.6) is 5.75 Å². The first-order valence-electron chi connectivity index (χ1n) is 13.7. The van der Waals surface area contributed by atoms with E-state index in [0.29, 0.717) is 36.6 Å². The molecule has 0 aliphatic carbocycles. The molecule has 3 aromatic carbocycles. The fraction of sp³-hybridized carbons (Fsp3) is 0.419. The van der Waals surface area contributed by atoms with Gasteiger partial charge in [-0.05, 0) is 98.8 Å². The van der Waals surface area contributed by atoms with Crippen LogP contribution in [0.4, 0.5) is 10.5 Å². The largest absolute Gasteiger partial charge is 0.491 e. The zero-order valence-corrected chi connectivity index (χ0v) is 24.2. The molecular formula is C31H35N3O5S. The first-order valence-corrected chi connectivity index (χ1v) is 15.3. The van der Waals surface area contributed by atoms with Gasteiger partial charge in [-0.25, -0.2) is 13.2 Å². The van der Waals surface area contributed by atoms with E-state index in [1.807, 2.05) is 63.2 Å². The number of rotatable bonds is 6. The normalized spacial score (nSPS) is 19.0. The van der Waals surface area contributed by atoms with Crippen LogP contribution >= 0.6 is 0 Å². The van der Waals surface area contributed by atoms with Crippen molar-refractivity contribution in [1.82, 2.24) is 4.90 Å². The molecule has 2 aliphatic heterocycles. The van der Waals surface area contributed by atoms with Crippen LogP contribution in [0, 0.1) is 11.3 Å². The molecule has 0 aromatic heterocycles. The number of benzene rings is 3. The average molecular weight is 562 g/mol. The van der Waals surface area contributed by atoms with E-state index < -0.39 is 21.7 Å². The highest BCUT2D eigenvalue weighted by Gasteiger charge is 2.38. The van der Waals surface area contributed by atoms with Gasteiger partial charge in [-0.2, -0.15) is 5.26 Å². The molecule has 2 aliphatic rings. The van der Waals surface area contributed by atoms with Crippen LogP contribution in [-0.4, -0.2) is 50.0 Å². The zero-order valence-electron chi connectivity index (χ0n) is 23.4. The minimum absolute atomic E-state index is 0.0183. The van der Waals surface area contributed by atoms with Gasteiger partial charge in [0.05, 0.1) is 35.2 Å². The van der Waals surface area contributed by atoms with Crippen molar-refractivity contribution in [1.29, 1.82) is 5.26 Å². The predicted molar refractivity (Wildman–Crippen MR) is 155 cm³/mol. The van der Waals surface area contributed by atoms with Gasteiger partial charge in [0.2, 0.25) is 10.0 Å². The Bertz CT molecular complexity index is 1590. The molecule has 0 spiro atoms. The standard InChI is InChI=1S/C31H35N3O5S/c1-5-40(36,37)34-28-13-12-27(38-20-26-7-6-14-33(26)30(35)39-31(2,3)4)17-25(28)18-29(34)23-11-10-22-9-8-21(19-32)15-24(22)16-23/h8-13,15-17,26,29H,5-7,14,18,20H2,1-4H3/t26-,29-/m1/s1. The summed E-state index contributed by atoms with van der Waals surface area (Å²) in [6, 6.07) is 18.6. The van der Waals surface area contributed by atoms with E-state index >= 15 is 0 Å². The number of hydrogen-bond acceptors (Lipinski definition) is 6. The topological polar surface area (TPSA) is 99.9 Å². The Morgan fingerprint density at radius 2 is 1.85 bits per heavy atom. The lowest BCUT2D eigenvalue weighted by Crippen LogP contribution is -2.42. The molecule has 0 saturated carbocycles. The summed E-state index contributed by atoms with van der Waals surface area (Å²) in [5.41, 5.74) is 2.42. The summed E-state index contributed by atoms with van der Waals surface area (Å²) in [5.74, 6) is 0.622. The number of anilines is 1. The van der Waals surface area contributed by atoms with Gasteiger partial charge in [0.1, 0.15) is 18.0 Å². The lowest BCUT2D eigenvalue weighted by atomic mass is 9.98. The van der Waals surface area contributed by atoms with Crippen LogP contribution in [0.2, 0.25) is 0 Å². The van der Waals surface area contributed by atoms with Crippen molar-refractivity contribution in [2.75, 3.05) is 23.2 Å². The SMILES string of the molecule is CCS(=O)(=O)N1c2ccc(OC[C@H]3CCCN3C(=O)OC(C)(C)C)cc2C[C@@H]1c1ccc2ccc(C#N)cc2c1. The molecule has 0 N–H and O–H groups in total. The van der Waals surface area contributed by atoms with Gasteiger partial charge in [-0.3, -0.25) is 4.31 Å². The molecule has 0 unspecified atom stereocenters. The van der Waals surface area contributed by atoms with E-state index in [1.54, 1.807) is 24.0 Å². The van der Waals surface area contributed by atoms with Crippen molar-refractivity contribution < 1.29 is 22.7 Å². The first kappa shape index (κ1) is 27.8. The Morgan fingerprint density at radius 3 is 2.58 bits per heavy atom. The molecule has 2 heterocycles. The second-order valence-corrected chi connectivity index (χ2v) is 13.6. The minimum atomic E-state index is -3.56. The highest BCUT2D eigenvalue weighted by molar-refractivity contribution is 7.92. The van der Waals surface area contributed by atoms with Gasteiger partial charge in [-0.15, -0.1) is 0 Å². The molecule has 1 fully saturated rings. The number of carbonyl (C=O) groups excluding carboxylic acids is 1. The summed E-state index contributed by atoms with van der Waals surface area (Å²) in [6.07, 6.45) is 1.91. The monoisotopic (exact) mass is 561 g/mol. The van der Waals surface area contributed by atoms with E-state index in [2.05, 4.69) is 6.07 Å². The first-order chi connectivity index (χ1) is 19.0. The summed E-state index contributed by atoms with van der Waals surface area (Å²) in [6.45, 7) is 8.19. The third-order valence-corrected chi connectivity index (χ3v) is 9.26. The third kappa shape index (κ3) is 5.59. The summed E-state index contributed by atoms with van der Waals surface area (Å²) in [4.78, 5) is 14.4. The van der Waals surface area contributed by atoms with Crippen LogP contribution < -0.4 is 9.04 Å². The molecule has 5 rings (SSSR count). The second kappa shape index (κ2) is 10.7. The van der Waals surface area contributed by atoms with E-state index in [4.69, 9.17) is 9.47 Å². The smallest absolute Gasteiger partial charge is 0.410 e. The number of ether oxygens (including phenoxy) is 2. The van der Waals surface area contributed by atoms with Gasteiger partial charge in [-0.1, -0.05) is 18.2 Å². The molecule has 9 heteroatoms. The van der Waals surface area contributed by atoms with Crippen molar-refractivity contribution >= 4 is 32.6 Å². The summed E-state index contributed by atoms with van der Waals surface area (Å²) < 4.78 is 39.8. The Labute approximate surface area is 236 Å². The van der Waals surface area contributed by atoms with Gasteiger partial charge in [0.15, 0.2) is 0 Å². The van der Waals surface area contributed by atoms with Crippen molar-refractivity contribution in [3.63, 3.8) is 0 Å². The molecule has 3 aromatic rings. The summed E-state index contributed by atoms with van der Waals surface area (Å²) in [7, 11) is -3.56. The molecule has 0 radical (unpaired) electrons. The average Bonchev–Trinajstić information content (AvgIpc) is 3.55. The third-order valence-electron chi connectivity index (χ3n) is 7.47. The maximum Gasteiger partial charge on any atom is 0.410 e. The number of fused-ring (bicyclic) bond motifs is 2. The number of nitriles is 1. The van der Waals surface area contributed by atoms with Gasteiger partial charge in [0, 0.05) is 13.0 Å². The Kier molecular flexibility index (Phi) is 7.40. The fourth-order valence-electron chi connectivity index (χ4n) is 5.53. The lowest BCUT2D eigenvalue weighted by molar-refractivity contribution is 0.0187. The molecule has 40 heavy (non-hydrogen) atoms. The van der Waals surface area contributed by atoms with Gasteiger partial charge >= 0.3 is 6.09 Å². The maximum absolute atomic E-state index is 13.3. The molecule has 210 valence electrons. The van der Waals surface area contributed by atoms with Crippen LogP contribution in [0.15, 0.2) is 54.6 Å². The zero-order chi connectivity index (χ0) is 28.7. The van der Waals surface area contributed by atoms with Crippen LogP contribution in [-0.2, 0) is 21.2 Å². The predicted octanol–water partition coefficient (Wildman–Crippen LogP) is 5.94. The molecule has 8 nitrogen and oxygen atoms in total.